The second kappa shape index (κ2) is 2.37. The summed E-state index contributed by atoms with van der Waals surface area (Å²) >= 11 is 4.70. The van der Waals surface area contributed by atoms with Crippen LogP contribution in [0.2, 0.25) is 0 Å². The number of carbonyl (C=O) groups is 1. The molecule has 1 radical (unpaired) electrons. The van der Waals surface area contributed by atoms with Crippen LogP contribution in [0.3, 0.4) is 0 Å². The van der Waals surface area contributed by atoms with E-state index in [2.05, 4.69) is 4.74 Å². The Labute approximate surface area is 53.2 Å². The van der Waals surface area contributed by atoms with Crippen LogP contribution in [0.25, 0.3) is 0 Å². The highest BCUT2D eigenvalue weighted by atomic mass is 32.1. The molecule has 1 aliphatic rings. The molecule has 8 heavy (non-hydrogen) atoms. The van der Waals surface area contributed by atoms with Crippen molar-refractivity contribution in [3.8, 4) is 0 Å². The highest BCUT2D eigenvalue weighted by Gasteiger charge is 2.14. The monoisotopic (exact) mass is 132 g/mol. The Morgan fingerprint density at radius 3 is 2.88 bits per heavy atom. The molecule has 3 nitrogen and oxygen atoms in total. The van der Waals surface area contributed by atoms with Crippen LogP contribution in [0.15, 0.2) is 0 Å². The molecule has 0 aromatic heterocycles. The Morgan fingerprint density at radius 2 is 2.50 bits per heavy atom. The number of hydrogen-bond acceptors (Lipinski definition) is 3. The number of morpholine rings is 1. The van der Waals surface area contributed by atoms with Gasteiger partial charge >= 0.3 is 5.97 Å². The van der Waals surface area contributed by atoms with Gasteiger partial charge < -0.3 is 4.74 Å². The lowest BCUT2D eigenvalue weighted by atomic mass is 10.5. The summed E-state index contributed by atoms with van der Waals surface area (Å²) in [5.74, 6) is -0.216. The maximum absolute atomic E-state index is 10.3. The van der Waals surface area contributed by atoms with Crippen molar-refractivity contribution >= 4 is 18.8 Å². The van der Waals surface area contributed by atoms with Crippen LogP contribution in [-0.2, 0) is 9.53 Å². The van der Waals surface area contributed by atoms with E-state index in [1.165, 1.54) is 4.31 Å². The largest absolute Gasteiger partial charge is 0.463 e. The summed E-state index contributed by atoms with van der Waals surface area (Å²) in [7, 11) is 0. The van der Waals surface area contributed by atoms with Gasteiger partial charge in [0, 0.05) is 19.4 Å². The van der Waals surface area contributed by atoms with Gasteiger partial charge in [0.15, 0.2) is 0 Å². The first kappa shape index (κ1) is 5.91. The molecule has 0 spiro atoms. The first-order chi connectivity index (χ1) is 3.79. The summed E-state index contributed by atoms with van der Waals surface area (Å²) in [6.45, 7) is 1.39. The van der Waals surface area contributed by atoms with Crippen LogP contribution in [0.1, 0.15) is 0 Å². The normalized spacial score (nSPS) is 22.9. The van der Waals surface area contributed by atoms with Crippen molar-refractivity contribution in [2.24, 2.45) is 0 Å². The zero-order valence-corrected chi connectivity index (χ0v) is 5.11. The van der Waals surface area contributed by atoms with E-state index in [9.17, 15) is 4.79 Å². The molecule has 0 aliphatic carbocycles. The average molecular weight is 132 g/mol. The molecule has 0 aromatic rings. The summed E-state index contributed by atoms with van der Waals surface area (Å²) in [6, 6.07) is 0. The molecule has 1 aliphatic heterocycles. The van der Waals surface area contributed by atoms with Gasteiger partial charge in [-0.2, -0.15) is 0 Å². The predicted molar refractivity (Wildman–Crippen MR) is 30.1 cm³/mol. The average Bonchev–Trinajstić information content (AvgIpc) is 1.64. The van der Waals surface area contributed by atoms with E-state index in [4.69, 9.17) is 12.8 Å². The van der Waals surface area contributed by atoms with Gasteiger partial charge in [-0.25, -0.2) is 4.31 Å². The molecule has 4 heteroatoms. The molecule has 0 saturated carbocycles. The van der Waals surface area contributed by atoms with Crippen LogP contribution < -0.4 is 0 Å². The minimum absolute atomic E-state index is 0.216. The SMILES string of the molecule is O=C1CN([S])CCO1. The second-order valence-corrected chi connectivity index (χ2v) is 2.10. The van der Waals surface area contributed by atoms with Crippen LogP contribution in [0, 0.1) is 0 Å². The van der Waals surface area contributed by atoms with Gasteiger partial charge in [0.1, 0.15) is 13.2 Å². The minimum Gasteiger partial charge on any atom is -0.463 e. The van der Waals surface area contributed by atoms with E-state index >= 15 is 0 Å². The fraction of sp³-hybridized carbons (Fsp3) is 0.750. The van der Waals surface area contributed by atoms with Crippen molar-refractivity contribution in [1.82, 2.24) is 4.31 Å². The second-order valence-electron chi connectivity index (χ2n) is 1.58. The van der Waals surface area contributed by atoms with Crippen molar-refractivity contribution in [1.29, 1.82) is 0 Å². The van der Waals surface area contributed by atoms with Gasteiger partial charge in [-0.3, -0.25) is 4.79 Å². The first-order valence-electron chi connectivity index (χ1n) is 2.37. The fourth-order valence-electron chi connectivity index (χ4n) is 0.530. The molecule has 0 amide bonds. The maximum Gasteiger partial charge on any atom is 0.321 e. The molecular weight excluding hydrogens is 126 g/mol. The van der Waals surface area contributed by atoms with Crippen molar-refractivity contribution in [3.63, 3.8) is 0 Å². The molecular formula is C4H6NO2S. The van der Waals surface area contributed by atoms with E-state index in [-0.39, 0.29) is 12.5 Å². The van der Waals surface area contributed by atoms with Crippen LogP contribution in [0.5, 0.6) is 0 Å². The topological polar surface area (TPSA) is 29.5 Å². The lowest BCUT2D eigenvalue weighted by Gasteiger charge is -2.18. The first-order valence-corrected chi connectivity index (χ1v) is 2.73. The predicted octanol–water partition coefficient (Wildman–Crippen LogP) is -0.0423. The third-order valence-electron chi connectivity index (χ3n) is 0.909. The lowest BCUT2D eigenvalue weighted by Crippen LogP contribution is -2.33. The Hall–Kier alpha value is -0.220. The molecule has 0 unspecified atom stereocenters. The number of ether oxygens (including phenoxy) is 1. The van der Waals surface area contributed by atoms with Crippen LogP contribution in [0.4, 0.5) is 0 Å². The summed E-state index contributed by atoms with van der Waals surface area (Å²) in [6.07, 6.45) is 0. The number of hydrogen-bond donors (Lipinski definition) is 0. The number of cyclic esters (lactones) is 1. The van der Waals surface area contributed by atoms with Crippen LogP contribution in [-0.4, -0.2) is 30.0 Å². The zero-order chi connectivity index (χ0) is 5.98. The van der Waals surface area contributed by atoms with E-state index in [1.807, 2.05) is 0 Å². The van der Waals surface area contributed by atoms with Gasteiger partial charge in [0.2, 0.25) is 0 Å². The Kier molecular flexibility index (Phi) is 1.75. The summed E-state index contributed by atoms with van der Waals surface area (Å²) in [5, 5.41) is 0. The lowest BCUT2D eigenvalue weighted by molar-refractivity contribution is -0.147. The Morgan fingerprint density at radius 1 is 1.75 bits per heavy atom. The molecule has 1 saturated heterocycles. The third-order valence-corrected chi connectivity index (χ3v) is 1.22. The molecule has 45 valence electrons. The highest BCUT2D eigenvalue weighted by Crippen LogP contribution is 1.98. The highest BCUT2D eigenvalue weighted by molar-refractivity contribution is 7.77. The smallest absolute Gasteiger partial charge is 0.321 e. The number of carbonyl (C=O) groups excluding carboxylic acids is 1. The van der Waals surface area contributed by atoms with Crippen molar-refractivity contribution in [2.75, 3.05) is 19.7 Å². The molecule has 1 heterocycles. The van der Waals surface area contributed by atoms with E-state index in [0.717, 1.165) is 0 Å². The number of esters is 1. The van der Waals surface area contributed by atoms with Crippen molar-refractivity contribution < 1.29 is 9.53 Å². The molecule has 0 aromatic carbocycles. The minimum atomic E-state index is -0.216. The third kappa shape index (κ3) is 1.38. The molecule has 1 rings (SSSR count). The van der Waals surface area contributed by atoms with Gasteiger partial charge in [0.25, 0.3) is 0 Å². The number of rotatable bonds is 0. The van der Waals surface area contributed by atoms with E-state index in [1.54, 1.807) is 0 Å². The van der Waals surface area contributed by atoms with E-state index in [0.29, 0.717) is 13.2 Å². The summed E-state index contributed by atoms with van der Waals surface area (Å²) in [5.41, 5.74) is 0. The molecule has 0 atom stereocenters. The van der Waals surface area contributed by atoms with Gasteiger partial charge in [-0.1, -0.05) is 0 Å². The van der Waals surface area contributed by atoms with E-state index < -0.39 is 0 Å². The Balaban J connectivity index is 2.34. The quantitative estimate of drug-likeness (QED) is 0.433. The van der Waals surface area contributed by atoms with Gasteiger partial charge in [-0.15, -0.1) is 0 Å². The summed E-state index contributed by atoms with van der Waals surface area (Å²) in [4.78, 5) is 10.3. The molecule has 1 fully saturated rings. The molecule has 0 N–H and O–H groups in total. The van der Waals surface area contributed by atoms with Crippen LogP contribution >= 0.6 is 12.8 Å². The fourth-order valence-corrected chi connectivity index (χ4v) is 0.710. The molecule has 0 bridgehead atoms. The van der Waals surface area contributed by atoms with Crippen molar-refractivity contribution in [3.05, 3.63) is 0 Å². The standard InChI is InChI=1S/C4H6NO2S/c6-4-3-5(8)1-2-7-4/h1-3H2. The maximum atomic E-state index is 10.3. The summed E-state index contributed by atoms with van der Waals surface area (Å²) < 4.78 is 6.12. The van der Waals surface area contributed by atoms with Gasteiger partial charge in [-0.05, 0) is 0 Å². The number of nitrogens with zero attached hydrogens (tertiary/aromatic N) is 1. The Bertz CT molecular complexity index is 106. The van der Waals surface area contributed by atoms with Gasteiger partial charge in [0.05, 0.1) is 0 Å². The zero-order valence-electron chi connectivity index (χ0n) is 4.29. The van der Waals surface area contributed by atoms with Crippen molar-refractivity contribution in [2.45, 2.75) is 0 Å².